The normalized spacial score (nSPS) is 13.1. The van der Waals surface area contributed by atoms with Crippen LogP contribution in [0.15, 0.2) is 18.2 Å². The van der Waals surface area contributed by atoms with Gasteiger partial charge in [-0.1, -0.05) is 50.0 Å². The van der Waals surface area contributed by atoms with E-state index in [0.29, 0.717) is 16.9 Å². The van der Waals surface area contributed by atoms with Crippen molar-refractivity contribution >= 4 is 23.2 Å². The summed E-state index contributed by atoms with van der Waals surface area (Å²) in [6.07, 6.45) is 0. The summed E-state index contributed by atoms with van der Waals surface area (Å²) in [5.41, 5.74) is 1.10. The summed E-state index contributed by atoms with van der Waals surface area (Å²) >= 11 is 11.9. The smallest absolute Gasteiger partial charge is 0.0465 e. The van der Waals surface area contributed by atoms with Gasteiger partial charge in [0.05, 0.1) is 0 Å². The summed E-state index contributed by atoms with van der Waals surface area (Å²) in [7, 11) is 0. The summed E-state index contributed by atoms with van der Waals surface area (Å²) in [6, 6.07) is 5.63. The number of benzene rings is 1. The molecule has 0 fully saturated rings. The van der Waals surface area contributed by atoms with E-state index in [9.17, 15) is 0 Å². The molecule has 1 N–H and O–H groups in total. The summed E-state index contributed by atoms with van der Waals surface area (Å²) in [5.74, 6) is 1.37. The van der Waals surface area contributed by atoms with E-state index < -0.39 is 0 Å². The molecule has 1 rings (SSSR count). The lowest BCUT2D eigenvalue weighted by atomic mass is 9.98. The third kappa shape index (κ3) is 4.32. The van der Waals surface area contributed by atoms with Crippen LogP contribution in [0.25, 0.3) is 0 Å². The highest BCUT2D eigenvalue weighted by atomic mass is 35.5. The lowest BCUT2D eigenvalue weighted by Gasteiger charge is -2.16. The molecule has 0 bridgehead atoms. The van der Waals surface area contributed by atoms with Gasteiger partial charge >= 0.3 is 0 Å². The second-order valence-electron chi connectivity index (χ2n) is 4.59. The fourth-order valence-electron chi connectivity index (χ4n) is 1.34. The molecule has 0 amide bonds. The molecule has 1 unspecified atom stereocenters. The van der Waals surface area contributed by atoms with E-state index in [-0.39, 0.29) is 0 Å². The van der Waals surface area contributed by atoms with E-state index in [2.05, 4.69) is 26.1 Å². The molecular formula is C13H19Cl2N. The lowest BCUT2D eigenvalue weighted by molar-refractivity contribution is 0.392. The van der Waals surface area contributed by atoms with Crippen molar-refractivity contribution in [2.45, 2.75) is 27.3 Å². The van der Waals surface area contributed by atoms with Gasteiger partial charge in [-0.3, -0.25) is 0 Å². The van der Waals surface area contributed by atoms with Gasteiger partial charge in [-0.25, -0.2) is 0 Å². The Morgan fingerprint density at radius 1 is 1.19 bits per heavy atom. The van der Waals surface area contributed by atoms with Gasteiger partial charge in [0.25, 0.3) is 0 Å². The van der Waals surface area contributed by atoms with Gasteiger partial charge in [0, 0.05) is 16.6 Å². The van der Waals surface area contributed by atoms with Crippen LogP contribution in [0.1, 0.15) is 26.3 Å². The average Bonchev–Trinajstić information content (AvgIpc) is 2.20. The first-order valence-electron chi connectivity index (χ1n) is 5.65. The standard InChI is InChI=1S/C13H19Cl2N/c1-9(2)10(3)7-16-8-11-4-5-12(14)6-13(11)15/h4-6,9-10,16H,7-8H2,1-3H3. The van der Waals surface area contributed by atoms with Crippen LogP contribution in [0, 0.1) is 11.8 Å². The lowest BCUT2D eigenvalue weighted by Crippen LogP contribution is -2.23. The molecule has 3 heteroatoms. The minimum Gasteiger partial charge on any atom is -0.312 e. The predicted molar refractivity (Wildman–Crippen MR) is 72.2 cm³/mol. The van der Waals surface area contributed by atoms with E-state index in [1.54, 1.807) is 6.07 Å². The number of halogens is 2. The van der Waals surface area contributed by atoms with Crippen molar-refractivity contribution < 1.29 is 0 Å². The Labute approximate surface area is 108 Å². The molecular weight excluding hydrogens is 241 g/mol. The predicted octanol–water partition coefficient (Wildman–Crippen LogP) is 4.38. The van der Waals surface area contributed by atoms with E-state index >= 15 is 0 Å². The third-order valence-corrected chi connectivity index (χ3v) is 3.52. The van der Waals surface area contributed by atoms with Crippen molar-refractivity contribution in [2.24, 2.45) is 11.8 Å². The number of rotatable bonds is 5. The van der Waals surface area contributed by atoms with Crippen LogP contribution in [-0.2, 0) is 6.54 Å². The Kier molecular flexibility index (Phi) is 5.60. The summed E-state index contributed by atoms with van der Waals surface area (Å²) < 4.78 is 0. The van der Waals surface area contributed by atoms with Crippen LogP contribution >= 0.6 is 23.2 Å². The van der Waals surface area contributed by atoms with Crippen molar-refractivity contribution in [3.63, 3.8) is 0 Å². The minimum atomic E-state index is 0.672. The summed E-state index contributed by atoms with van der Waals surface area (Å²) in [6.45, 7) is 8.54. The largest absolute Gasteiger partial charge is 0.312 e. The molecule has 1 aromatic carbocycles. The fraction of sp³-hybridized carbons (Fsp3) is 0.538. The molecule has 1 nitrogen and oxygen atoms in total. The minimum absolute atomic E-state index is 0.672. The van der Waals surface area contributed by atoms with Crippen LogP contribution < -0.4 is 5.32 Å². The Morgan fingerprint density at radius 3 is 2.44 bits per heavy atom. The zero-order chi connectivity index (χ0) is 12.1. The number of nitrogens with one attached hydrogen (secondary N) is 1. The van der Waals surface area contributed by atoms with Gasteiger partial charge in [-0.05, 0) is 36.1 Å². The fourth-order valence-corrected chi connectivity index (χ4v) is 1.81. The third-order valence-electron chi connectivity index (χ3n) is 2.93. The van der Waals surface area contributed by atoms with Crippen molar-refractivity contribution in [1.82, 2.24) is 5.32 Å². The SMILES string of the molecule is CC(C)C(C)CNCc1ccc(Cl)cc1Cl. The monoisotopic (exact) mass is 259 g/mol. The molecule has 0 saturated heterocycles. The number of hydrogen-bond acceptors (Lipinski definition) is 1. The van der Waals surface area contributed by atoms with Crippen molar-refractivity contribution in [3.8, 4) is 0 Å². The first-order chi connectivity index (χ1) is 7.50. The molecule has 1 atom stereocenters. The Morgan fingerprint density at radius 2 is 1.88 bits per heavy atom. The van der Waals surface area contributed by atoms with E-state index in [0.717, 1.165) is 23.7 Å². The van der Waals surface area contributed by atoms with Crippen molar-refractivity contribution in [1.29, 1.82) is 0 Å². The molecule has 0 saturated carbocycles. The zero-order valence-corrected chi connectivity index (χ0v) is 11.6. The molecule has 16 heavy (non-hydrogen) atoms. The second-order valence-corrected chi connectivity index (χ2v) is 5.43. The topological polar surface area (TPSA) is 12.0 Å². The van der Waals surface area contributed by atoms with E-state index in [1.807, 2.05) is 12.1 Å². The van der Waals surface area contributed by atoms with Crippen LogP contribution in [0.3, 0.4) is 0 Å². The molecule has 0 aromatic heterocycles. The molecule has 0 radical (unpaired) electrons. The van der Waals surface area contributed by atoms with Crippen LogP contribution in [0.4, 0.5) is 0 Å². The highest BCUT2D eigenvalue weighted by Gasteiger charge is 2.07. The molecule has 0 aliphatic carbocycles. The van der Waals surface area contributed by atoms with E-state index in [4.69, 9.17) is 23.2 Å². The van der Waals surface area contributed by atoms with Gasteiger partial charge in [0.1, 0.15) is 0 Å². The van der Waals surface area contributed by atoms with Gasteiger partial charge in [-0.2, -0.15) is 0 Å². The molecule has 90 valence electrons. The zero-order valence-electron chi connectivity index (χ0n) is 10.1. The average molecular weight is 260 g/mol. The molecule has 0 heterocycles. The maximum absolute atomic E-state index is 6.08. The molecule has 1 aromatic rings. The van der Waals surface area contributed by atoms with E-state index in [1.165, 1.54) is 0 Å². The van der Waals surface area contributed by atoms with Crippen LogP contribution in [-0.4, -0.2) is 6.54 Å². The van der Waals surface area contributed by atoms with Crippen LogP contribution in [0.2, 0.25) is 10.0 Å². The molecule has 0 spiro atoms. The Bertz CT molecular complexity index is 337. The second kappa shape index (κ2) is 6.48. The van der Waals surface area contributed by atoms with Crippen LogP contribution in [0.5, 0.6) is 0 Å². The van der Waals surface area contributed by atoms with Gasteiger partial charge in [0.15, 0.2) is 0 Å². The summed E-state index contributed by atoms with van der Waals surface area (Å²) in [5, 5.41) is 4.83. The highest BCUT2D eigenvalue weighted by molar-refractivity contribution is 6.35. The molecule has 0 aliphatic heterocycles. The van der Waals surface area contributed by atoms with Crippen molar-refractivity contribution in [2.75, 3.05) is 6.54 Å². The van der Waals surface area contributed by atoms with Gasteiger partial charge in [-0.15, -0.1) is 0 Å². The quantitative estimate of drug-likeness (QED) is 0.828. The molecule has 0 aliphatic rings. The maximum Gasteiger partial charge on any atom is 0.0465 e. The first kappa shape index (κ1) is 13.8. The number of hydrogen-bond donors (Lipinski definition) is 1. The Balaban J connectivity index is 2.43. The maximum atomic E-state index is 6.08. The first-order valence-corrected chi connectivity index (χ1v) is 6.41. The van der Waals surface area contributed by atoms with Gasteiger partial charge in [0.2, 0.25) is 0 Å². The summed E-state index contributed by atoms with van der Waals surface area (Å²) in [4.78, 5) is 0. The Hall–Kier alpha value is -0.240. The van der Waals surface area contributed by atoms with Crippen molar-refractivity contribution in [3.05, 3.63) is 33.8 Å². The van der Waals surface area contributed by atoms with Gasteiger partial charge < -0.3 is 5.32 Å². The highest BCUT2D eigenvalue weighted by Crippen LogP contribution is 2.20.